The van der Waals surface area contributed by atoms with Gasteiger partial charge in [-0.2, -0.15) is 0 Å². The van der Waals surface area contributed by atoms with Crippen LogP contribution in [-0.2, 0) is 6.54 Å². The highest BCUT2D eigenvalue weighted by Gasteiger charge is 2.25. The smallest absolute Gasteiger partial charge is 0.0346 e. The number of hydrogen-bond donors (Lipinski definition) is 1. The van der Waals surface area contributed by atoms with Crippen LogP contribution in [-0.4, -0.2) is 0 Å². The second-order valence-electron chi connectivity index (χ2n) is 6.49. The van der Waals surface area contributed by atoms with E-state index in [0.29, 0.717) is 12.0 Å². The van der Waals surface area contributed by atoms with Crippen molar-refractivity contribution in [2.24, 2.45) is 5.92 Å². The molecule has 1 atom stereocenters. The largest absolute Gasteiger partial charge is 0.306 e. The molecule has 1 N–H and O–H groups in total. The number of nitrogens with one attached hydrogen (secondary N) is 1. The first kappa shape index (κ1) is 14.3. The lowest BCUT2D eigenvalue weighted by atomic mass is 9.95. The van der Waals surface area contributed by atoms with Gasteiger partial charge in [-0.25, -0.2) is 0 Å². The van der Waals surface area contributed by atoms with Gasteiger partial charge < -0.3 is 5.32 Å². The van der Waals surface area contributed by atoms with E-state index in [1.165, 1.54) is 24.0 Å². The van der Waals surface area contributed by atoms with Gasteiger partial charge in [-0.15, -0.1) is 0 Å². The van der Waals surface area contributed by atoms with Crippen LogP contribution in [0.15, 0.2) is 54.6 Å². The Morgan fingerprint density at radius 3 is 2.29 bits per heavy atom. The van der Waals surface area contributed by atoms with Gasteiger partial charge in [-0.3, -0.25) is 0 Å². The van der Waals surface area contributed by atoms with Crippen LogP contribution in [0.3, 0.4) is 0 Å². The summed E-state index contributed by atoms with van der Waals surface area (Å²) in [6.45, 7) is 5.54. The Morgan fingerprint density at radius 1 is 0.952 bits per heavy atom. The minimum Gasteiger partial charge on any atom is -0.306 e. The zero-order chi connectivity index (χ0) is 14.7. The second kappa shape index (κ2) is 6.44. The van der Waals surface area contributed by atoms with Gasteiger partial charge in [-0.05, 0) is 41.4 Å². The molecule has 0 radical (unpaired) electrons. The molecular weight excluding hydrogens is 254 g/mol. The van der Waals surface area contributed by atoms with E-state index in [2.05, 4.69) is 73.8 Å². The fourth-order valence-corrected chi connectivity index (χ4v) is 3.11. The van der Waals surface area contributed by atoms with Crippen molar-refractivity contribution in [3.8, 4) is 0 Å². The van der Waals surface area contributed by atoms with Crippen LogP contribution < -0.4 is 5.32 Å². The summed E-state index contributed by atoms with van der Waals surface area (Å²) in [5.74, 6) is 1.40. The standard InChI is InChI=1S/C20H25N/c1-15(2)20(17-8-4-3-5-9-17)21-14-18-10-6-7-11-19(18)16-12-13-16/h3-11,15-16,20-21H,12-14H2,1-2H3. The van der Waals surface area contributed by atoms with E-state index in [-0.39, 0.29) is 0 Å². The van der Waals surface area contributed by atoms with E-state index in [4.69, 9.17) is 0 Å². The van der Waals surface area contributed by atoms with Crippen LogP contribution in [0.4, 0.5) is 0 Å². The lowest BCUT2D eigenvalue weighted by molar-refractivity contribution is 0.410. The number of hydrogen-bond acceptors (Lipinski definition) is 1. The zero-order valence-corrected chi connectivity index (χ0v) is 13.0. The summed E-state index contributed by atoms with van der Waals surface area (Å²) < 4.78 is 0. The second-order valence-corrected chi connectivity index (χ2v) is 6.49. The minimum absolute atomic E-state index is 0.415. The molecular formula is C20H25N. The summed E-state index contributed by atoms with van der Waals surface area (Å²) in [5.41, 5.74) is 4.42. The lowest BCUT2D eigenvalue weighted by Crippen LogP contribution is -2.25. The Balaban J connectivity index is 1.73. The summed E-state index contributed by atoms with van der Waals surface area (Å²) in [6.07, 6.45) is 2.73. The molecule has 3 rings (SSSR count). The Hall–Kier alpha value is -1.60. The Morgan fingerprint density at radius 2 is 1.62 bits per heavy atom. The van der Waals surface area contributed by atoms with Crippen molar-refractivity contribution in [2.45, 2.75) is 45.2 Å². The van der Waals surface area contributed by atoms with Crippen LogP contribution >= 0.6 is 0 Å². The molecule has 21 heavy (non-hydrogen) atoms. The molecule has 0 aliphatic heterocycles. The lowest BCUT2D eigenvalue weighted by Gasteiger charge is -2.24. The van der Waals surface area contributed by atoms with E-state index in [9.17, 15) is 0 Å². The van der Waals surface area contributed by atoms with Crippen molar-refractivity contribution in [2.75, 3.05) is 0 Å². The first-order valence-corrected chi connectivity index (χ1v) is 8.12. The average Bonchev–Trinajstić information content (AvgIpc) is 3.33. The van der Waals surface area contributed by atoms with Gasteiger partial charge in [-0.1, -0.05) is 68.4 Å². The maximum Gasteiger partial charge on any atom is 0.0346 e. The van der Waals surface area contributed by atoms with Gasteiger partial charge in [0.1, 0.15) is 0 Å². The average molecular weight is 279 g/mol. The molecule has 0 bridgehead atoms. The zero-order valence-electron chi connectivity index (χ0n) is 13.0. The van der Waals surface area contributed by atoms with Crippen molar-refractivity contribution in [1.29, 1.82) is 0 Å². The van der Waals surface area contributed by atoms with Crippen LogP contribution in [0.25, 0.3) is 0 Å². The summed E-state index contributed by atoms with van der Waals surface area (Å²) in [7, 11) is 0. The first-order valence-electron chi connectivity index (χ1n) is 8.12. The van der Waals surface area contributed by atoms with E-state index in [0.717, 1.165) is 12.5 Å². The maximum absolute atomic E-state index is 3.77. The van der Waals surface area contributed by atoms with E-state index in [1.54, 1.807) is 5.56 Å². The molecule has 0 spiro atoms. The monoisotopic (exact) mass is 279 g/mol. The molecule has 1 aliphatic rings. The van der Waals surface area contributed by atoms with Crippen molar-refractivity contribution in [1.82, 2.24) is 5.32 Å². The summed E-state index contributed by atoms with van der Waals surface area (Å²) in [4.78, 5) is 0. The SMILES string of the molecule is CC(C)C(NCc1ccccc1C1CC1)c1ccccc1. The molecule has 0 aromatic heterocycles. The molecule has 1 nitrogen and oxygen atoms in total. The van der Waals surface area contributed by atoms with Gasteiger partial charge in [0.15, 0.2) is 0 Å². The fraction of sp³-hybridized carbons (Fsp3) is 0.400. The predicted molar refractivity (Wildman–Crippen MR) is 89.3 cm³/mol. The molecule has 1 unspecified atom stereocenters. The molecule has 110 valence electrons. The molecule has 0 amide bonds. The molecule has 0 saturated heterocycles. The third-order valence-electron chi connectivity index (χ3n) is 4.41. The van der Waals surface area contributed by atoms with Crippen LogP contribution in [0.5, 0.6) is 0 Å². The van der Waals surface area contributed by atoms with Crippen LogP contribution in [0.2, 0.25) is 0 Å². The summed E-state index contributed by atoms with van der Waals surface area (Å²) in [5, 5.41) is 3.77. The van der Waals surface area contributed by atoms with Gasteiger partial charge in [0.2, 0.25) is 0 Å². The highest BCUT2D eigenvalue weighted by molar-refractivity contribution is 5.33. The molecule has 0 heterocycles. The third kappa shape index (κ3) is 3.54. The molecule has 2 aromatic carbocycles. The molecule has 1 fully saturated rings. The third-order valence-corrected chi connectivity index (χ3v) is 4.41. The topological polar surface area (TPSA) is 12.0 Å². The van der Waals surface area contributed by atoms with Gasteiger partial charge in [0.05, 0.1) is 0 Å². The van der Waals surface area contributed by atoms with Crippen molar-refractivity contribution in [3.05, 3.63) is 71.3 Å². The number of rotatable bonds is 6. The molecule has 1 heteroatoms. The van der Waals surface area contributed by atoms with Crippen molar-refractivity contribution in [3.63, 3.8) is 0 Å². The fourth-order valence-electron chi connectivity index (χ4n) is 3.11. The summed E-state index contributed by atoms with van der Waals surface area (Å²) >= 11 is 0. The van der Waals surface area contributed by atoms with Crippen molar-refractivity contribution >= 4 is 0 Å². The van der Waals surface area contributed by atoms with Gasteiger partial charge >= 0.3 is 0 Å². The van der Waals surface area contributed by atoms with Gasteiger partial charge in [0.25, 0.3) is 0 Å². The van der Waals surface area contributed by atoms with Crippen molar-refractivity contribution < 1.29 is 0 Å². The maximum atomic E-state index is 3.77. The molecule has 2 aromatic rings. The first-order chi connectivity index (χ1) is 10.3. The van der Waals surface area contributed by atoms with E-state index in [1.807, 2.05) is 0 Å². The van der Waals surface area contributed by atoms with E-state index < -0.39 is 0 Å². The van der Waals surface area contributed by atoms with Gasteiger partial charge in [0, 0.05) is 12.6 Å². The Labute approximate surface area is 128 Å². The van der Waals surface area contributed by atoms with E-state index >= 15 is 0 Å². The van der Waals surface area contributed by atoms with Crippen LogP contribution in [0, 0.1) is 5.92 Å². The molecule has 1 saturated carbocycles. The Bertz CT molecular complexity index is 569. The minimum atomic E-state index is 0.415. The summed E-state index contributed by atoms with van der Waals surface area (Å²) in [6, 6.07) is 20.1. The predicted octanol–water partition coefficient (Wildman–Crippen LogP) is 5.05. The highest BCUT2D eigenvalue weighted by atomic mass is 14.9. The Kier molecular flexibility index (Phi) is 4.40. The molecule has 1 aliphatic carbocycles. The van der Waals surface area contributed by atoms with Crippen LogP contribution in [0.1, 0.15) is 55.3 Å². The normalized spacial score (nSPS) is 16.1. The number of benzene rings is 2. The quantitative estimate of drug-likeness (QED) is 0.780. The highest BCUT2D eigenvalue weighted by Crippen LogP contribution is 2.41.